The van der Waals surface area contributed by atoms with Crippen molar-refractivity contribution in [1.82, 2.24) is 15.2 Å². The zero-order chi connectivity index (χ0) is 16.7. The highest BCUT2D eigenvalue weighted by molar-refractivity contribution is 5.80. The van der Waals surface area contributed by atoms with Crippen LogP contribution in [0.4, 0.5) is 0 Å². The summed E-state index contributed by atoms with van der Waals surface area (Å²) < 4.78 is 5.11. The molecule has 0 radical (unpaired) electrons. The molecule has 0 saturated carbocycles. The first kappa shape index (κ1) is 17.2. The summed E-state index contributed by atoms with van der Waals surface area (Å²) in [5, 5.41) is 3.36. The molecule has 1 saturated heterocycles. The fourth-order valence-corrected chi connectivity index (χ4v) is 2.79. The Morgan fingerprint density at radius 2 is 2.22 bits per heavy atom. The first-order chi connectivity index (χ1) is 11.2. The van der Waals surface area contributed by atoms with Crippen LogP contribution >= 0.6 is 0 Å². The fraction of sp³-hybridized carbons (Fsp3) is 0.588. The zero-order valence-electron chi connectivity index (χ0n) is 14.2. The lowest BCUT2D eigenvalue weighted by atomic mass is 9.97. The van der Waals surface area contributed by atoms with Crippen molar-refractivity contribution in [2.24, 2.45) is 10.9 Å². The average molecular weight is 318 g/mol. The Bertz CT molecular complexity index is 551. The fourth-order valence-electron chi connectivity index (χ4n) is 2.79. The van der Waals surface area contributed by atoms with E-state index in [4.69, 9.17) is 4.74 Å². The molecule has 0 aromatic carbocycles. The summed E-state index contributed by atoms with van der Waals surface area (Å²) in [4.78, 5) is 22.7. The lowest BCUT2D eigenvalue weighted by Gasteiger charge is -2.33. The van der Waals surface area contributed by atoms with E-state index in [0.717, 1.165) is 43.1 Å². The van der Waals surface area contributed by atoms with Gasteiger partial charge in [-0.15, -0.1) is 0 Å². The number of aryl methyl sites for hydroxylation is 1. The number of aromatic nitrogens is 1. The van der Waals surface area contributed by atoms with Crippen molar-refractivity contribution >= 4 is 11.9 Å². The molecule has 0 bridgehead atoms. The topological polar surface area (TPSA) is 66.8 Å². The van der Waals surface area contributed by atoms with Crippen molar-refractivity contribution in [3.63, 3.8) is 0 Å². The first-order valence-corrected chi connectivity index (χ1v) is 8.18. The number of ether oxygens (including phenoxy) is 1. The molecule has 0 amide bonds. The SMILES string of the molecule is CCOC(=O)C1CCN(C(=NC)NCc2ncccc2C)CC1. The minimum atomic E-state index is -0.0702. The third-order valence-corrected chi connectivity index (χ3v) is 4.16. The summed E-state index contributed by atoms with van der Waals surface area (Å²) >= 11 is 0. The van der Waals surface area contributed by atoms with Gasteiger partial charge in [-0.2, -0.15) is 0 Å². The van der Waals surface area contributed by atoms with Gasteiger partial charge in [0.05, 0.1) is 24.8 Å². The second-order valence-electron chi connectivity index (χ2n) is 5.68. The molecule has 0 aliphatic carbocycles. The minimum Gasteiger partial charge on any atom is -0.466 e. The molecule has 6 heteroatoms. The molecule has 1 N–H and O–H groups in total. The van der Waals surface area contributed by atoms with Gasteiger partial charge < -0.3 is 15.0 Å². The molecule has 126 valence electrons. The Hall–Kier alpha value is -2.11. The summed E-state index contributed by atoms with van der Waals surface area (Å²) in [6.07, 6.45) is 3.42. The highest BCUT2D eigenvalue weighted by Gasteiger charge is 2.27. The van der Waals surface area contributed by atoms with Crippen molar-refractivity contribution in [3.8, 4) is 0 Å². The quantitative estimate of drug-likeness (QED) is 0.520. The van der Waals surface area contributed by atoms with Crippen molar-refractivity contribution < 1.29 is 9.53 Å². The Morgan fingerprint density at radius 1 is 1.48 bits per heavy atom. The van der Waals surface area contributed by atoms with E-state index >= 15 is 0 Å². The van der Waals surface area contributed by atoms with Crippen LogP contribution < -0.4 is 5.32 Å². The number of nitrogens with one attached hydrogen (secondary N) is 1. The summed E-state index contributed by atoms with van der Waals surface area (Å²) in [5.74, 6) is 0.805. The Labute approximate surface area is 138 Å². The number of carbonyl (C=O) groups is 1. The van der Waals surface area contributed by atoms with E-state index in [1.165, 1.54) is 0 Å². The maximum Gasteiger partial charge on any atom is 0.309 e. The second-order valence-corrected chi connectivity index (χ2v) is 5.68. The Balaban J connectivity index is 1.86. The van der Waals surface area contributed by atoms with E-state index in [0.29, 0.717) is 13.2 Å². The third kappa shape index (κ3) is 4.68. The van der Waals surface area contributed by atoms with E-state index in [2.05, 4.69) is 33.2 Å². The molecule has 6 nitrogen and oxygen atoms in total. The van der Waals surface area contributed by atoms with Crippen molar-refractivity contribution in [3.05, 3.63) is 29.6 Å². The number of piperidine rings is 1. The van der Waals surface area contributed by atoms with Crippen LogP contribution in [-0.2, 0) is 16.1 Å². The van der Waals surface area contributed by atoms with Gasteiger partial charge in [0.2, 0.25) is 0 Å². The number of guanidine groups is 1. The van der Waals surface area contributed by atoms with Crippen LogP contribution in [0.2, 0.25) is 0 Å². The van der Waals surface area contributed by atoms with Crippen molar-refractivity contribution in [2.75, 3.05) is 26.7 Å². The predicted molar refractivity (Wildman–Crippen MR) is 90.1 cm³/mol. The summed E-state index contributed by atoms with van der Waals surface area (Å²) in [7, 11) is 1.78. The minimum absolute atomic E-state index is 0.0161. The molecular formula is C17H26N4O2. The number of hydrogen-bond acceptors (Lipinski definition) is 4. The number of aliphatic imine (C=N–C) groups is 1. The molecule has 1 aliphatic heterocycles. The number of rotatable bonds is 4. The van der Waals surface area contributed by atoms with Gasteiger partial charge in [-0.25, -0.2) is 0 Å². The smallest absolute Gasteiger partial charge is 0.309 e. The number of esters is 1. The normalized spacial score (nSPS) is 16.3. The predicted octanol–water partition coefficient (Wildman–Crippen LogP) is 1.74. The lowest BCUT2D eigenvalue weighted by Crippen LogP contribution is -2.46. The van der Waals surface area contributed by atoms with Gasteiger partial charge in [0.15, 0.2) is 5.96 Å². The molecule has 0 atom stereocenters. The largest absolute Gasteiger partial charge is 0.466 e. The molecule has 1 aromatic rings. The van der Waals surface area contributed by atoms with Gasteiger partial charge in [-0.1, -0.05) is 6.07 Å². The zero-order valence-corrected chi connectivity index (χ0v) is 14.2. The number of nitrogens with zero attached hydrogens (tertiary/aromatic N) is 3. The van der Waals surface area contributed by atoms with Gasteiger partial charge in [0.1, 0.15) is 0 Å². The molecule has 2 heterocycles. The van der Waals surface area contributed by atoms with E-state index in [1.807, 2.05) is 13.0 Å². The lowest BCUT2D eigenvalue weighted by molar-refractivity contribution is -0.149. The molecule has 1 aromatic heterocycles. The van der Waals surface area contributed by atoms with Crippen LogP contribution in [0, 0.1) is 12.8 Å². The molecule has 0 spiro atoms. The molecule has 23 heavy (non-hydrogen) atoms. The maximum absolute atomic E-state index is 11.8. The van der Waals surface area contributed by atoms with Gasteiger partial charge in [-0.3, -0.25) is 14.8 Å². The summed E-state index contributed by atoms with van der Waals surface area (Å²) in [6.45, 7) is 6.62. The van der Waals surface area contributed by atoms with Crippen LogP contribution in [0.5, 0.6) is 0 Å². The van der Waals surface area contributed by atoms with Crippen molar-refractivity contribution in [1.29, 1.82) is 0 Å². The van der Waals surface area contributed by atoms with E-state index in [1.54, 1.807) is 13.2 Å². The summed E-state index contributed by atoms with van der Waals surface area (Å²) in [5.41, 5.74) is 2.19. The molecule has 2 rings (SSSR count). The number of hydrogen-bond donors (Lipinski definition) is 1. The van der Waals surface area contributed by atoms with Crippen LogP contribution in [-0.4, -0.2) is 48.6 Å². The highest BCUT2D eigenvalue weighted by atomic mass is 16.5. The van der Waals surface area contributed by atoms with Crippen LogP contribution in [0.15, 0.2) is 23.3 Å². The van der Waals surface area contributed by atoms with E-state index < -0.39 is 0 Å². The number of likely N-dealkylation sites (tertiary alicyclic amines) is 1. The first-order valence-electron chi connectivity index (χ1n) is 8.18. The third-order valence-electron chi connectivity index (χ3n) is 4.16. The van der Waals surface area contributed by atoms with Crippen LogP contribution in [0.3, 0.4) is 0 Å². The second kappa shape index (κ2) is 8.50. The average Bonchev–Trinajstić information content (AvgIpc) is 2.57. The standard InChI is InChI=1S/C17H26N4O2/c1-4-23-16(22)14-7-10-21(11-8-14)17(18-3)20-12-15-13(2)6-5-9-19-15/h5-6,9,14H,4,7-8,10-12H2,1-3H3,(H,18,20). The van der Waals surface area contributed by atoms with Gasteiger partial charge in [0.25, 0.3) is 0 Å². The highest BCUT2D eigenvalue weighted by Crippen LogP contribution is 2.18. The monoisotopic (exact) mass is 318 g/mol. The van der Waals surface area contributed by atoms with Crippen molar-refractivity contribution in [2.45, 2.75) is 33.2 Å². The summed E-state index contributed by atoms with van der Waals surface area (Å²) in [6, 6.07) is 3.99. The Morgan fingerprint density at radius 3 is 2.83 bits per heavy atom. The molecule has 0 unspecified atom stereocenters. The van der Waals surface area contributed by atoms with Crippen LogP contribution in [0.1, 0.15) is 31.0 Å². The van der Waals surface area contributed by atoms with E-state index in [9.17, 15) is 4.79 Å². The van der Waals surface area contributed by atoms with E-state index in [-0.39, 0.29) is 11.9 Å². The number of pyridine rings is 1. The van der Waals surface area contributed by atoms with Crippen LogP contribution in [0.25, 0.3) is 0 Å². The van der Waals surface area contributed by atoms with Gasteiger partial charge in [0, 0.05) is 26.3 Å². The molecule has 1 aliphatic rings. The molecular weight excluding hydrogens is 292 g/mol. The molecule has 1 fully saturated rings. The maximum atomic E-state index is 11.8. The van der Waals surface area contributed by atoms with Gasteiger partial charge >= 0.3 is 5.97 Å². The van der Waals surface area contributed by atoms with Gasteiger partial charge in [-0.05, 0) is 38.3 Å². The number of carbonyl (C=O) groups excluding carboxylic acids is 1. The Kier molecular flexibility index (Phi) is 6.38.